The number of anilines is 2. The molecule has 0 aliphatic carbocycles. The van der Waals surface area contributed by atoms with Crippen molar-refractivity contribution >= 4 is 40.0 Å². The van der Waals surface area contributed by atoms with E-state index < -0.39 is 11.2 Å². The van der Waals surface area contributed by atoms with Crippen molar-refractivity contribution in [3.05, 3.63) is 90.1 Å². The number of nitrogens with one attached hydrogen (secondary N) is 1. The Hall–Kier alpha value is -2.88. The summed E-state index contributed by atoms with van der Waals surface area (Å²) in [6.45, 7) is 2.16. The number of nitrogens with two attached hydrogens (primary N) is 1. The third-order valence-electron chi connectivity index (χ3n) is 4.33. The lowest BCUT2D eigenvalue weighted by Gasteiger charge is -2.23. The molecule has 7 nitrogen and oxygen atoms in total. The smallest absolute Gasteiger partial charge is 0.330 e. The molecule has 0 spiro atoms. The van der Waals surface area contributed by atoms with Gasteiger partial charge in [-0.25, -0.2) is 4.79 Å². The largest absolute Gasteiger partial charge is 0.383 e. The van der Waals surface area contributed by atoms with E-state index in [0.717, 1.165) is 9.13 Å². The maximum absolute atomic E-state index is 13.1. The van der Waals surface area contributed by atoms with Crippen LogP contribution >= 0.6 is 22.6 Å². The fourth-order valence-corrected chi connectivity index (χ4v) is 3.56. The molecule has 0 atom stereocenters. The lowest BCUT2D eigenvalue weighted by molar-refractivity contribution is 0.0987. The second-order valence-electron chi connectivity index (χ2n) is 6.09. The topological polar surface area (TPSA) is 101 Å². The van der Waals surface area contributed by atoms with Crippen molar-refractivity contribution in [3.63, 3.8) is 0 Å². The molecule has 3 rings (SSSR count). The van der Waals surface area contributed by atoms with Crippen LogP contribution in [0.5, 0.6) is 0 Å². The Balaban J connectivity index is 2.11. The van der Waals surface area contributed by atoms with Crippen LogP contribution < -0.4 is 21.9 Å². The van der Waals surface area contributed by atoms with Gasteiger partial charge in [-0.15, -0.1) is 0 Å². The predicted molar refractivity (Wildman–Crippen MR) is 118 cm³/mol. The molecule has 0 radical (unpaired) electrons. The van der Waals surface area contributed by atoms with Gasteiger partial charge in [-0.3, -0.25) is 19.1 Å². The second kappa shape index (κ2) is 8.42. The zero-order valence-corrected chi connectivity index (χ0v) is 17.3. The number of hydrogen-bond acceptors (Lipinski definition) is 4. The van der Waals surface area contributed by atoms with Gasteiger partial charge in [0.1, 0.15) is 5.82 Å². The standard InChI is InChI=1S/C20H19IN4O3/c1-2-24(19(27)14-10-6-7-11-15(14)21)16-17(22)25(20(28)23-18(16)26)12-13-8-4-3-5-9-13/h3-11H,2,12,22H2,1H3,(H,23,26,28). The molecule has 0 aliphatic rings. The first kappa shape index (κ1) is 19.9. The molecule has 0 unspecified atom stereocenters. The lowest BCUT2D eigenvalue weighted by atomic mass is 10.2. The Morgan fingerprint density at radius 2 is 1.75 bits per heavy atom. The molecule has 0 saturated carbocycles. The van der Waals surface area contributed by atoms with E-state index in [1.807, 2.05) is 42.5 Å². The number of carbonyl (C=O) groups excluding carboxylic acids is 1. The number of aromatic amines is 1. The molecule has 0 aliphatic heterocycles. The highest BCUT2D eigenvalue weighted by molar-refractivity contribution is 14.1. The summed E-state index contributed by atoms with van der Waals surface area (Å²) in [7, 11) is 0. The molecule has 0 bridgehead atoms. The minimum absolute atomic E-state index is 0.0253. The molecule has 3 aromatic rings. The van der Waals surface area contributed by atoms with Gasteiger partial charge >= 0.3 is 5.69 Å². The van der Waals surface area contributed by atoms with Crippen molar-refractivity contribution in [2.45, 2.75) is 13.5 Å². The number of nitrogen functional groups attached to an aromatic ring is 1. The summed E-state index contributed by atoms with van der Waals surface area (Å²) in [6.07, 6.45) is 0. The number of nitrogens with zero attached hydrogens (tertiary/aromatic N) is 2. The molecule has 0 saturated heterocycles. The lowest BCUT2D eigenvalue weighted by Crippen LogP contribution is -2.41. The zero-order chi connectivity index (χ0) is 20.3. The Bertz CT molecular complexity index is 1120. The van der Waals surface area contributed by atoms with Crippen molar-refractivity contribution in [1.82, 2.24) is 9.55 Å². The van der Waals surface area contributed by atoms with E-state index in [4.69, 9.17) is 5.73 Å². The predicted octanol–water partition coefficient (Wildman–Crippen LogP) is 2.44. The van der Waals surface area contributed by atoms with Crippen LogP contribution in [0, 0.1) is 3.57 Å². The number of halogens is 1. The number of rotatable bonds is 5. The van der Waals surface area contributed by atoms with Crippen molar-refractivity contribution < 1.29 is 4.79 Å². The molecule has 1 heterocycles. The maximum atomic E-state index is 13.1. The van der Waals surface area contributed by atoms with E-state index >= 15 is 0 Å². The second-order valence-corrected chi connectivity index (χ2v) is 7.26. The van der Waals surface area contributed by atoms with Crippen LogP contribution in [0.4, 0.5) is 11.5 Å². The first-order chi connectivity index (χ1) is 13.4. The van der Waals surface area contributed by atoms with E-state index in [0.29, 0.717) is 5.56 Å². The average molecular weight is 490 g/mol. The van der Waals surface area contributed by atoms with Gasteiger partial charge in [-0.1, -0.05) is 42.5 Å². The fraction of sp³-hybridized carbons (Fsp3) is 0.150. The van der Waals surface area contributed by atoms with E-state index in [2.05, 4.69) is 27.6 Å². The summed E-state index contributed by atoms with van der Waals surface area (Å²) >= 11 is 2.07. The van der Waals surface area contributed by atoms with Crippen LogP contribution in [0.2, 0.25) is 0 Å². The van der Waals surface area contributed by atoms with Gasteiger partial charge in [0.05, 0.1) is 12.1 Å². The molecule has 2 aromatic carbocycles. The fourth-order valence-electron chi connectivity index (χ4n) is 2.94. The average Bonchev–Trinajstić information content (AvgIpc) is 2.69. The van der Waals surface area contributed by atoms with Gasteiger partial charge in [0.25, 0.3) is 11.5 Å². The Morgan fingerprint density at radius 1 is 1.11 bits per heavy atom. The van der Waals surface area contributed by atoms with Crippen molar-refractivity contribution in [2.75, 3.05) is 17.2 Å². The molecule has 3 N–H and O–H groups in total. The number of hydrogen-bond donors (Lipinski definition) is 2. The van der Waals surface area contributed by atoms with Crippen LogP contribution in [0.25, 0.3) is 0 Å². The molecule has 8 heteroatoms. The Kier molecular flexibility index (Phi) is 5.98. The quantitative estimate of drug-likeness (QED) is 0.537. The molecule has 144 valence electrons. The van der Waals surface area contributed by atoms with Gasteiger partial charge in [-0.2, -0.15) is 0 Å². The normalized spacial score (nSPS) is 10.6. The zero-order valence-electron chi connectivity index (χ0n) is 15.2. The summed E-state index contributed by atoms with van der Waals surface area (Å²) in [6, 6.07) is 16.4. The molecular weight excluding hydrogens is 471 g/mol. The van der Waals surface area contributed by atoms with Crippen LogP contribution in [-0.4, -0.2) is 22.0 Å². The summed E-state index contributed by atoms with van der Waals surface area (Å²) < 4.78 is 2.02. The van der Waals surface area contributed by atoms with Gasteiger partial charge in [0, 0.05) is 10.1 Å². The van der Waals surface area contributed by atoms with Gasteiger partial charge in [0.2, 0.25) is 0 Å². The van der Waals surface area contributed by atoms with Gasteiger partial charge < -0.3 is 10.6 Å². The van der Waals surface area contributed by atoms with Gasteiger partial charge in [-0.05, 0) is 47.2 Å². The van der Waals surface area contributed by atoms with Crippen LogP contribution in [-0.2, 0) is 6.54 Å². The van der Waals surface area contributed by atoms with Crippen LogP contribution in [0.15, 0.2) is 64.2 Å². The first-order valence-electron chi connectivity index (χ1n) is 8.67. The number of carbonyl (C=O) groups is 1. The van der Waals surface area contributed by atoms with Crippen molar-refractivity contribution in [3.8, 4) is 0 Å². The highest BCUT2D eigenvalue weighted by Gasteiger charge is 2.25. The number of H-pyrrole nitrogens is 1. The maximum Gasteiger partial charge on any atom is 0.330 e. The summed E-state index contributed by atoms with van der Waals surface area (Å²) in [4.78, 5) is 41.5. The highest BCUT2D eigenvalue weighted by Crippen LogP contribution is 2.22. The third kappa shape index (κ3) is 3.86. The number of amides is 1. The summed E-state index contributed by atoms with van der Waals surface area (Å²) in [5.41, 5.74) is 6.19. The third-order valence-corrected chi connectivity index (χ3v) is 5.27. The first-order valence-corrected chi connectivity index (χ1v) is 9.74. The molecule has 0 fully saturated rings. The molecule has 28 heavy (non-hydrogen) atoms. The molecule has 1 amide bonds. The minimum Gasteiger partial charge on any atom is -0.383 e. The number of aromatic nitrogens is 2. The van der Waals surface area contributed by atoms with Gasteiger partial charge in [0.15, 0.2) is 5.69 Å². The van der Waals surface area contributed by atoms with Crippen LogP contribution in [0.1, 0.15) is 22.8 Å². The molecule has 1 aromatic heterocycles. The Morgan fingerprint density at radius 3 is 2.39 bits per heavy atom. The Labute approximate surface area is 175 Å². The summed E-state index contributed by atoms with van der Waals surface area (Å²) in [5.74, 6) is -0.395. The van der Waals surface area contributed by atoms with Crippen molar-refractivity contribution in [2.24, 2.45) is 0 Å². The van der Waals surface area contributed by atoms with E-state index in [1.165, 1.54) is 9.47 Å². The summed E-state index contributed by atoms with van der Waals surface area (Å²) in [5, 5.41) is 0. The monoisotopic (exact) mass is 490 g/mol. The SMILES string of the molecule is CCN(C(=O)c1ccccc1I)c1c(N)n(Cc2ccccc2)c(=O)[nH]c1=O. The van der Waals surface area contributed by atoms with E-state index in [-0.39, 0.29) is 30.5 Å². The van der Waals surface area contributed by atoms with Crippen LogP contribution in [0.3, 0.4) is 0 Å². The highest BCUT2D eigenvalue weighted by atomic mass is 127. The van der Waals surface area contributed by atoms with E-state index in [1.54, 1.807) is 19.1 Å². The van der Waals surface area contributed by atoms with Crippen molar-refractivity contribution in [1.29, 1.82) is 0 Å². The minimum atomic E-state index is -0.687. The molecular formula is C20H19IN4O3. The number of benzene rings is 2. The van der Waals surface area contributed by atoms with E-state index in [9.17, 15) is 14.4 Å².